The van der Waals surface area contributed by atoms with Crippen molar-refractivity contribution in [3.8, 4) is 28.6 Å². The third-order valence-corrected chi connectivity index (χ3v) is 7.83. The Morgan fingerprint density at radius 2 is 1.95 bits per heavy atom. The van der Waals surface area contributed by atoms with Crippen LogP contribution in [0.15, 0.2) is 53.1 Å². The van der Waals surface area contributed by atoms with Crippen molar-refractivity contribution in [1.29, 1.82) is 0 Å². The molecular weight excluding hydrogens is 554 g/mol. The Bertz CT molecular complexity index is 1730. The van der Waals surface area contributed by atoms with E-state index in [9.17, 15) is 13.2 Å². The third kappa shape index (κ3) is 5.41. The van der Waals surface area contributed by atoms with Crippen molar-refractivity contribution >= 4 is 27.5 Å². The first-order valence-corrected chi connectivity index (χ1v) is 15.1. The van der Waals surface area contributed by atoms with E-state index >= 15 is 0 Å². The lowest BCUT2D eigenvalue weighted by Gasteiger charge is -2.12. The van der Waals surface area contributed by atoms with Gasteiger partial charge in [0.25, 0.3) is 5.91 Å². The molecule has 40 heavy (non-hydrogen) atoms. The van der Waals surface area contributed by atoms with Crippen molar-refractivity contribution in [2.45, 2.75) is 45.1 Å². The smallest absolute Gasteiger partial charge is 0.264 e. The number of carbonyl (C=O) groups is 1. The van der Waals surface area contributed by atoms with Crippen molar-refractivity contribution in [3.05, 3.63) is 87.3 Å². The van der Waals surface area contributed by atoms with Gasteiger partial charge in [-0.1, -0.05) is 35.0 Å². The van der Waals surface area contributed by atoms with E-state index in [0.29, 0.717) is 52.5 Å². The van der Waals surface area contributed by atoms with Gasteiger partial charge in [0.1, 0.15) is 29.6 Å². The van der Waals surface area contributed by atoms with E-state index in [1.807, 2.05) is 29.8 Å². The van der Waals surface area contributed by atoms with Gasteiger partial charge in [-0.25, -0.2) is 18.1 Å². The topological polar surface area (TPSA) is 121 Å². The predicted octanol–water partition coefficient (Wildman–Crippen LogP) is 5.74. The zero-order valence-corrected chi connectivity index (χ0v) is 23.4. The van der Waals surface area contributed by atoms with Gasteiger partial charge in [0.05, 0.1) is 22.5 Å². The molecule has 0 bridgehead atoms. The lowest BCUT2D eigenvalue weighted by molar-refractivity contribution is 0.0981. The number of nitrogens with one attached hydrogen (secondary N) is 1. The number of benzene rings is 2. The molecule has 0 atom stereocenters. The lowest BCUT2D eigenvalue weighted by atomic mass is 10.0. The molecular formula is C29H26ClN3O6S. The number of nitrogens with zero attached hydrogens (tertiary/aromatic N) is 2. The third-order valence-electron chi connectivity index (χ3n) is 6.96. The fraction of sp³-hybridized carbons (Fsp3) is 0.276. The van der Waals surface area contributed by atoms with Gasteiger partial charge in [-0.2, -0.15) is 0 Å². The first-order chi connectivity index (χ1) is 19.2. The minimum Gasteiger partial charge on any atom is -0.473 e. The van der Waals surface area contributed by atoms with Crippen LogP contribution in [0.1, 0.15) is 57.3 Å². The molecule has 1 fully saturated rings. The molecule has 0 unspecified atom stereocenters. The summed E-state index contributed by atoms with van der Waals surface area (Å²) >= 11 is 6.55. The molecule has 0 radical (unpaired) electrons. The molecule has 2 aromatic heterocycles. The maximum atomic E-state index is 12.3. The molecule has 206 valence electrons. The number of rotatable bonds is 7. The van der Waals surface area contributed by atoms with Crippen LogP contribution in [0, 0.1) is 6.92 Å². The number of sulfonamides is 1. The van der Waals surface area contributed by atoms with Gasteiger partial charge in [0, 0.05) is 23.1 Å². The molecule has 1 aliphatic carbocycles. The number of pyridine rings is 1. The standard InChI is InChI=1S/C29H26ClN3O6S/c1-16-4-3-5-21(30)26(16)27-20(28(39-32-27)18-7-8-18)15-37-25-13-12-23-22(31-25)11-10-17-6-9-19(14-24(17)38-23)29(34)33-40(2,35)36/h3-6,9,12-14,18H,7-8,10-11,15H2,1-2H3,(H,33,34). The van der Waals surface area contributed by atoms with Crippen molar-refractivity contribution < 1.29 is 27.2 Å². The second kappa shape index (κ2) is 10.3. The zero-order valence-electron chi connectivity index (χ0n) is 21.9. The molecule has 1 amide bonds. The summed E-state index contributed by atoms with van der Waals surface area (Å²) in [5.74, 6) is 1.91. The van der Waals surface area contributed by atoms with Gasteiger partial charge in [0.2, 0.25) is 15.9 Å². The number of ether oxygens (including phenoxy) is 2. The van der Waals surface area contributed by atoms with Crippen molar-refractivity contribution in [1.82, 2.24) is 14.9 Å². The van der Waals surface area contributed by atoms with E-state index in [4.69, 9.17) is 30.6 Å². The second-order valence-electron chi connectivity index (χ2n) is 10.1. The van der Waals surface area contributed by atoms with Gasteiger partial charge in [-0.15, -0.1) is 0 Å². The first kappa shape index (κ1) is 26.3. The van der Waals surface area contributed by atoms with Gasteiger partial charge in [-0.3, -0.25) is 4.79 Å². The molecule has 2 aliphatic rings. The zero-order chi connectivity index (χ0) is 28.0. The van der Waals surface area contributed by atoms with Crippen molar-refractivity contribution in [3.63, 3.8) is 0 Å². The molecule has 1 saturated carbocycles. The Balaban J connectivity index is 1.23. The van der Waals surface area contributed by atoms with Crippen LogP contribution < -0.4 is 14.2 Å². The van der Waals surface area contributed by atoms with E-state index in [0.717, 1.165) is 47.1 Å². The molecule has 3 heterocycles. The quantitative estimate of drug-likeness (QED) is 0.294. The van der Waals surface area contributed by atoms with E-state index in [2.05, 4.69) is 5.16 Å². The Morgan fingerprint density at radius 1 is 1.12 bits per heavy atom. The summed E-state index contributed by atoms with van der Waals surface area (Å²) in [5, 5.41) is 4.99. The van der Waals surface area contributed by atoms with Gasteiger partial charge >= 0.3 is 0 Å². The second-order valence-corrected chi connectivity index (χ2v) is 12.2. The summed E-state index contributed by atoms with van der Waals surface area (Å²) in [7, 11) is -3.68. The number of amides is 1. The monoisotopic (exact) mass is 579 g/mol. The van der Waals surface area contributed by atoms with Crippen LogP contribution in [0.3, 0.4) is 0 Å². The Hall–Kier alpha value is -3.89. The highest BCUT2D eigenvalue weighted by molar-refractivity contribution is 7.89. The number of carbonyl (C=O) groups excluding carboxylic acids is 1. The van der Waals surface area contributed by atoms with Gasteiger partial charge in [-0.05, 0) is 68.0 Å². The van der Waals surface area contributed by atoms with Crippen molar-refractivity contribution in [2.24, 2.45) is 0 Å². The number of fused-ring (bicyclic) bond motifs is 2. The van der Waals surface area contributed by atoms with Crippen LogP contribution in [0.25, 0.3) is 11.3 Å². The molecule has 4 aromatic rings. The highest BCUT2D eigenvalue weighted by Crippen LogP contribution is 2.45. The van der Waals surface area contributed by atoms with E-state index in [1.165, 1.54) is 0 Å². The highest BCUT2D eigenvalue weighted by atomic mass is 35.5. The number of hydrogen-bond donors (Lipinski definition) is 1. The molecule has 2 aromatic carbocycles. The summed E-state index contributed by atoms with van der Waals surface area (Å²) < 4.78 is 42.9. The largest absolute Gasteiger partial charge is 0.473 e. The van der Waals surface area contributed by atoms with Gasteiger partial charge < -0.3 is 14.0 Å². The summed E-state index contributed by atoms with van der Waals surface area (Å²) in [6.45, 7) is 2.21. The normalized spacial score (nSPS) is 14.5. The molecule has 11 heteroatoms. The Kier molecular flexibility index (Phi) is 6.75. The van der Waals surface area contributed by atoms with Crippen molar-refractivity contribution in [2.75, 3.05) is 6.26 Å². The fourth-order valence-corrected chi connectivity index (χ4v) is 5.59. The maximum Gasteiger partial charge on any atom is 0.264 e. The van der Waals surface area contributed by atoms with Crippen LogP contribution in [0.4, 0.5) is 0 Å². The number of halogens is 1. The maximum absolute atomic E-state index is 12.3. The fourth-order valence-electron chi connectivity index (χ4n) is 4.82. The summed E-state index contributed by atoms with van der Waals surface area (Å²) in [6.07, 6.45) is 4.26. The molecule has 9 nitrogen and oxygen atoms in total. The Morgan fingerprint density at radius 3 is 2.70 bits per heavy atom. The number of aryl methyl sites for hydroxylation is 3. The van der Waals surface area contributed by atoms with Crippen LogP contribution in [0.5, 0.6) is 17.4 Å². The molecule has 1 aliphatic heterocycles. The van der Waals surface area contributed by atoms with E-state index < -0.39 is 15.9 Å². The summed E-state index contributed by atoms with van der Waals surface area (Å²) in [5.41, 5.74) is 5.18. The lowest BCUT2D eigenvalue weighted by Crippen LogP contribution is -2.29. The van der Waals surface area contributed by atoms with E-state index in [-0.39, 0.29) is 12.2 Å². The average Bonchev–Trinajstić information content (AvgIpc) is 3.69. The average molecular weight is 580 g/mol. The van der Waals surface area contributed by atoms with Crippen LogP contribution in [-0.2, 0) is 29.5 Å². The summed E-state index contributed by atoms with van der Waals surface area (Å²) in [6, 6.07) is 14.1. The molecule has 0 saturated heterocycles. The number of aromatic nitrogens is 2. The molecule has 6 rings (SSSR count). The van der Waals surface area contributed by atoms with Gasteiger partial charge in [0.15, 0.2) is 0 Å². The number of hydrogen-bond acceptors (Lipinski definition) is 8. The minimum absolute atomic E-state index is 0.185. The summed E-state index contributed by atoms with van der Waals surface area (Å²) in [4.78, 5) is 17.0. The Labute approximate surface area is 236 Å². The molecule has 1 N–H and O–H groups in total. The highest BCUT2D eigenvalue weighted by Gasteiger charge is 2.33. The minimum atomic E-state index is -3.68. The first-order valence-electron chi connectivity index (χ1n) is 12.9. The SMILES string of the molecule is Cc1cccc(Cl)c1-c1noc(C2CC2)c1COc1ccc2c(n1)CCc1ccc(C(=O)NS(C)(=O)=O)cc1O2. The van der Waals surface area contributed by atoms with E-state index in [1.54, 1.807) is 30.3 Å². The van der Waals surface area contributed by atoms with Crippen LogP contribution >= 0.6 is 11.6 Å². The van der Waals surface area contributed by atoms with Crippen LogP contribution in [-0.4, -0.2) is 30.7 Å². The molecule has 0 spiro atoms. The van der Waals surface area contributed by atoms with Crippen LogP contribution in [0.2, 0.25) is 5.02 Å². The predicted molar refractivity (Wildman–Crippen MR) is 148 cm³/mol.